The number of thiophene rings is 1. The highest BCUT2D eigenvalue weighted by Crippen LogP contribution is 2.23. The number of hydrogen-bond acceptors (Lipinski definition) is 5. The van der Waals surface area contributed by atoms with Crippen molar-refractivity contribution in [2.75, 3.05) is 5.73 Å². The van der Waals surface area contributed by atoms with Crippen LogP contribution in [-0.4, -0.2) is 14.5 Å². The van der Waals surface area contributed by atoms with Gasteiger partial charge in [-0.05, 0) is 11.4 Å². The van der Waals surface area contributed by atoms with E-state index in [2.05, 4.69) is 26.0 Å². The largest absolute Gasteiger partial charge is 0.375 e. The first-order valence-electron chi connectivity index (χ1n) is 5.08. The van der Waals surface area contributed by atoms with Gasteiger partial charge in [0.05, 0.1) is 17.1 Å². The van der Waals surface area contributed by atoms with Gasteiger partial charge in [0.15, 0.2) is 5.13 Å². The van der Waals surface area contributed by atoms with Crippen molar-refractivity contribution in [3.8, 4) is 10.7 Å². The summed E-state index contributed by atoms with van der Waals surface area (Å²) < 4.78 is 2.08. The van der Waals surface area contributed by atoms with Crippen molar-refractivity contribution in [2.24, 2.45) is 0 Å². The lowest BCUT2D eigenvalue weighted by molar-refractivity contribution is 0.790. The summed E-state index contributed by atoms with van der Waals surface area (Å²) in [5, 5.41) is 4.64. The number of nitrogens with zero attached hydrogens (tertiary/aromatic N) is 3. The molecule has 3 aromatic rings. The number of nitrogen functional groups attached to an aromatic ring is 1. The molecule has 6 heteroatoms. The smallest absolute Gasteiger partial charge is 0.180 e. The Morgan fingerprint density at radius 3 is 3.00 bits per heavy atom. The summed E-state index contributed by atoms with van der Waals surface area (Å²) >= 11 is 3.15. The fraction of sp³-hybridized carbons (Fsp3) is 0.0909. The van der Waals surface area contributed by atoms with E-state index >= 15 is 0 Å². The Kier molecular flexibility index (Phi) is 2.66. The molecule has 2 N–H and O–H groups in total. The van der Waals surface area contributed by atoms with Crippen LogP contribution >= 0.6 is 22.7 Å². The molecule has 0 aliphatic carbocycles. The molecule has 3 rings (SSSR count). The summed E-state index contributed by atoms with van der Waals surface area (Å²) in [6.45, 7) is 0.709. The lowest BCUT2D eigenvalue weighted by atomic mass is 10.4. The highest BCUT2D eigenvalue weighted by atomic mass is 32.1. The lowest BCUT2D eigenvalue weighted by Crippen LogP contribution is -2.00. The van der Waals surface area contributed by atoms with Gasteiger partial charge in [-0.15, -0.1) is 22.7 Å². The third-order valence-corrected chi connectivity index (χ3v) is 3.95. The van der Waals surface area contributed by atoms with Crippen molar-refractivity contribution < 1.29 is 0 Å². The predicted octanol–water partition coefficient (Wildman–Crippen LogP) is 2.70. The molecule has 4 nitrogen and oxygen atoms in total. The molecule has 0 spiro atoms. The minimum atomic E-state index is 0.609. The highest BCUT2D eigenvalue weighted by Gasteiger charge is 2.08. The topological polar surface area (TPSA) is 56.7 Å². The summed E-state index contributed by atoms with van der Waals surface area (Å²) in [5.74, 6) is 0.978. The zero-order chi connectivity index (χ0) is 11.7. The molecule has 0 saturated heterocycles. The molecule has 0 fully saturated rings. The average Bonchev–Trinajstić information content (AvgIpc) is 3.00. The molecule has 86 valence electrons. The van der Waals surface area contributed by atoms with Crippen LogP contribution in [-0.2, 0) is 6.54 Å². The zero-order valence-corrected chi connectivity index (χ0v) is 10.5. The van der Waals surface area contributed by atoms with Crippen molar-refractivity contribution >= 4 is 27.8 Å². The first kappa shape index (κ1) is 10.5. The van der Waals surface area contributed by atoms with Crippen molar-refractivity contribution in [1.82, 2.24) is 14.5 Å². The van der Waals surface area contributed by atoms with Gasteiger partial charge in [0, 0.05) is 17.8 Å². The Labute approximate surface area is 106 Å². The minimum Gasteiger partial charge on any atom is -0.375 e. The second-order valence-electron chi connectivity index (χ2n) is 3.53. The van der Waals surface area contributed by atoms with Crippen molar-refractivity contribution in [3.05, 3.63) is 41.0 Å². The first-order valence-corrected chi connectivity index (χ1v) is 6.84. The van der Waals surface area contributed by atoms with E-state index in [1.165, 1.54) is 16.2 Å². The van der Waals surface area contributed by atoms with Gasteiger partial charge < -0.3 is 10.3 Å². The van der Waals surface area contributed by atoms with E-state index in [1.807, 2.05) is 23.8 Å². The molecule has 3 heterocycles. The van der Waals surface area contributed by atoms with Gasteiger partial charge in [0.1, 0.15) is 5.82 Å². The van der Waals surface area contributed by atoms with E-state index in [1.54, 1.807) is 11.3 Å². The Balaban J connectivity index is 1.92. The molecule has 0 aromatic carbocycles. The van der Waals surface area contributed by atoms with Gasteiger partial charge >= 0.3 is 0 Å². The Morgan fingerprint density at radius 1 is 1.35 bits per heavy atom. The summed E-state index contributed by atoms with van der Waals surface area (Å²) in [4.78, 5) is 9.80. The SMILES string of the molecule is Nc1nc(Cn2ccnc2-c2cccs2)cs1. The number of imidazole rings is 1. The maximum atomic E-state index is 5.62. The van der Waals surface area contributed by atoms with E-state index in [9.17, 15) is 0 Å². The molecule has 17 heavy (non-hydrogen) atoms. The normalized spacial score (nSPS) is 10.8. The maximum absolute atomic E-state index is 5.62. The number of rotatable bonds is 3. The van der Waals surface area contributed by atoms with Crippen LogP contribution in [0.25, 0.3) is 10.7 Å². The molecular formula is C11H10N4S2. The van der Waals surface area contributed by atoms with Crippen molar-refractivity contribution in [2.45, 2.75) is 6.54 Å². The summed E-state index contributed by atoms with van der Waals surface area (Å²) in [7, 11) is 0. The third-order valence-electron chi connectivity index (χ3n) is 2.36. The Hall–Kier alpha value is -1.66. The zero-order valence-electron chi connectivity index (χ0n) is 8.91. The van der Waals surface area contributed by atoms with Gasteiger partial charge in [0.25, 0.3) is 0 Å². The number of thiazole rings is 1. The number of anilines is 1. The number of nitrogens with two attached hydrogens (primary N) is 1. The molecular weight excluding hydrogens is 252 g/mol. The van der Waals surface area contributed by atoms with Gasteiger partial charge in [0.2, 0.25) is 0 Å². The third kappa shape index (κ3) is 2.09. The van der Waals surface area contributed by atoms with Crippen LogP contribution in [0.1, 0.15) is 5.69 Å². The summed E-state index contributed by atoms with van der Waals surface area (Å²) in [5.41, 5.74) is 6.60. The van der Waals surface area contributed by atoms with Crippen LogP contribution in [0.4, 0.5) is 5.13 Å². The Bertz CT molecular complexity index is 609. The molecule has 0 radical (unpaired) electrons. The fourth-order valence-corrected chi connectivity index (χ4v) is 2.93. The van der Waals surface area contributed by atoms with Gasteiger partial charge in [-0.25, -0.2) is 9.97 Å². The van der Waals surface area contributed by atoms with Crippen molar-refractivity contribution in [3.63, 3.8) is 0 Å². The molecule has 3 aromatic heterocycles. The van der Waals surface area contributed by atoms with Gasteiger partial charge in [-0.1, -0.05) is 6.07 Å². The van der Waals surface area contributed by atoms with E-state index in [4.69, 9.17) is 5.73 Å². The average molecular weight is 262 g/mol. The molecule has 0 amide bonds. The quantitative estimate of drug-likeness (QED) is 0.789. The van der Waals surface area contributed by atoms with Crippen LogP contribution in [0, 0.1) is 0 Å². The molecule has 0 aliphatic heterocycles. The first-order chi connectivity index (χ1) is 8.33. The molecule has 0 bridgehead atoms. The van der Waals surface area contributed by atoms with Crippen LogP contribution in [0.2, 0.25) is 0 Å². The van der Waals surface area contributed by atoms with Gasteiger partial charge in [-0.3, -0.25) is 0 Å². The summed E-state index contributed by atoms with van der Waals surface area (Å²) in [6.07, 6.45) is 3.77. The fourth-order valence-electron chi connectivity index (χ4n) is 1.64. The van der Waals surface area contributed by atoms with E-state index < -0.39 is 0 Å². The molecule has 0 saturated carbocycles. The van der Waals surface area contributed by atoms with Crippen molar-refractivity contribution in [1.29, 1.82) is 0 Å². The molecule has 0 aliphatic rings. The second-order valence-corrected chi connectivity index (χ2v) is 5.37. The maximum Gasteiger partial charge on any atom is 0.180 e. The number of aromatic nitrogens is 3. The summed E-state index contributed by atoms with van der Waals surface area (Å²) in [6, 6.07) is 4.10. The second kappa shape index (κ2) is 4.31. The standard InChI is InChI=1S/C11H10N4S2/c12-11-14-8(7-17-11)6-15-4-3-13-10(15)9-2-1-5-16-9/h1-5,7H,6H2,(H2,12,14). The van der Waals surface area contributed by atoms with Crippen LogP contribution < -0.4 is 5.73 Å². The lowest BCUT2D eigenvalue weighted by Gasteiger charge is -2.03. The van der Waals surface area contributed by atoms with Crippen LogP contribution in [0.5, 0.6) is 0 Å². The minimum absolute atomic E-state index is 0.609. The van der Waals surface area contributed by atoms with Crippen LogP contribution in [0.15, 0.2) is 35.3 Å². The Morgan fingerprint density at radius 2 is 2.29 bits per heavy atom. The van der Waals surface area contributed by atoms with E-state index in [-0.39, 0.29) is 0 Å². The van der Waals surface area contributed by atoms with Crippen LogP contribution in [0.3, 0.4) is 0 Å². The highest BCUT2D eigenvalue weighted by molar-refractivity contribution is 7.13. The van der Waals surface area contributed by atoms with E-state index in [0.717, 1.165) is 11.5 Å². The molecule has 0 atom stereocenters. The molecule has 0 unspecified atom stereocenters. The predicted molar refractivity (Wildman–Crippen MR) is 71.2 cm³/mol. The van der Waals surface area contributed by atoms with E-state index in [0.29, 0.717) is 11.7 Å². The number of hydrogen-bond donors (Lipinski definition) is 1. The monoisotopic (exact) mass is 262 g/mol. The van der Waals surface area contributed by atoms with Gasteiger partial charge in [-0.2, -0.15) is 0 Å².